The van der Waals surface area contributed by atoms with Crippen LogP contribution in [0.4, 0.5) is 13.2 Å². The molecule has 0 saturated heterocycles. The van der Waals surface area contributed by atoms with Crippen molar-refractivity contribution in [3.05, 3.63) is 29.8 Å². The van der Waals surface area contributed by atoms with Gasteiger partial charge in [0.1, 0.15) is 29.9 Å². The minimum Gasteiger partial charge on any atom is -0.508 e. The fourth-order valence-corrected chi connectivity index (χ4v) is 4.23. The molecule has 5 atom stereocenters. The number of carbonyl (C=O) groups excluding carboxylic acids is 6. The average Bonchev–Trinajstić information content (AvgIpc) is 2.97. The third-order valence-corrected chi connectivity index (χ3v) is 6.74. The molecule has 0 spiro atoms. The normalized spacial score (nSPS) is 14.7. The summed E-state index contributed by atoms with van der Waals surface area (Å²) in [6, 6.07) is -1.69. The molecular weight excluding hydrogens is 617 g/mol. The lowest BCUT2D eigenvalue weighted by Crippen LogP contribution is -2.60. The number of unbranched alkanes of at least 4 members (excludes halogenated alkanes) is 1. The highest BCUT2D eigenvalue weighted by Crippen LogP contribution is 2.18. The highest BCUT2D eigenvalue weighted by atomic mass is 19.4. The number of rotatable bonds is 18. The van der Waals surface area contributed by atoms with Crippen LogP contribution in [0.1, 0.15) is 52.5 Å². The highest BCUT2D eigenvalue weighted by Gasteiger charge is 2.42. The van der Waals surface area contributed by atoms with Crippen molar-refractivity contribution >= 4 is 35.3 Å². The second kappa shape index (κ2) is 18.7. The molecule has 0 aliphatic carbocycles. The second-order valence-corrected chi connectivity index (χ2v) is 11.0. The summed E-state index contributed by atoms with van der Waals surface area (Å²) in [4.78, 5) is 75.6. The van der Waals surface area contributed by atoms with Crippen molar-refractivity contribution in [2.75, 3.05) is 13.2 Å². The largest absolute Gasteiger partial charge is 0.508 e. The molecule has 14 nitrogen and oxygen atoms in total. The van der Waals surface area contributed by atoms with Crippen LogP contribution in [-0.4, -0.2) is 95.1 Å². The third-order valence-electron chi connectivity index (χ3n) is 6.74. The van der Waals surface area contributed by atoms with Crippen LogP contribution in [0.15, 0.2) is 24.3 Å². The summed E-state index contributed by atoms with van der Waals surface area (Å²) in [7, 11) is 0. The quantitative estimate of drug-likeness (QED) is 0.0931. The number of ketones is 1. The molecule has 9 N–H and O–H groups in total. The molecular formula is C29H43F3N6O8. The van der Waals surface area contributed by atoms with E-state index in [1.165, 1.54) is 24.3 Å². The van der Waals surface area contributed by atoms with Crippen LogP contribution in [0.25, 0.3) is 0 Å². The van der Waals surface area contributed by atoms with Crippen molar-refractivity contribution in [2.24, 2.45) is 11.7 Å². The Balaban J connectivity index is 3.23. The predicted octanol–water partition coefficient (Wildman–Crippen LogP) is -0.693. The molecule has 1 aromatic rings. The molecule has 1 aromatic carbocycles. The number of phenols is 1. The second-order valence-electron chi connectivity index (χ2n) is 11.0. The van der Waals surface area contributed by atoms with E-state index in [2.05, 4.69) is 21.3 Å². The summed E-state index contributed by atoms with van der Waals surface area (Å²) in [6.07, 6.45) is -4.64. The number of hydrogen-bond acceptors (Lipinski definition) is 9. The molecule has 0 radical (unpaired) electrons. The van der Waals surface area contributed by atoms with Crippen molar-refractivity contribution < 1.29 is 52.2 Å². The number of hydrogen-bond donors (Lipinski definition) is 8. The lowest BCUT2D eigenvalue weighted by atomic mass is 9.99. The molecule has 0 aliphatic heterocycles. The lowest BCUT2D eigenvalue weighted by molar-refractivity contribution is -0.173. The summed E-state index contributed by atoms with van der Waals surface area (Å²) in [5.74, 6) is -7.13. The molecule has 46 heavy (non-hydrogen) atoms. The highest BCUT2D eigenvalue weighted by molar-refractivity contribution is 5.97. The SMILES string of the molecule is CC(=O)NC(CO)C(=O)NC(Cc1ccc(O)cc1)C(=O)NC(C(=O)NC(CCCCN)C(=O)NC(C)C(=O)C(F)(F)F)C(C)C. The summed E-state index contributed by atoms with van der Waals surface area (Å²) in [6.45, 7) is 4.59. The van der Waals surface area contributed by atoms with Crippen molar-refractivity contribution in [1.29, 1.82) is 0 Å². The molecule has 5 amide bonds. The minimum atomic E-state index is -5.19. The first kappa shape index (κ1) is 39.8. The Hall–Kier alpha value is -4.25. The Bertz CT molecular complexity index is 1210. The van der Waals surface area contributed by atoms with Crippen molar-refractivity contribution in [3.63, 3.8) is 0 Å². The van der Waals surface area contributed by atoms with Crippen molar-refractivity contribution in [3.8, 4) is 5.75 Å². The maximum Gasteiger partial charge on any atom is 0.452 e. The number of halogens is 3. The Morgan fingerprint density at radius 2 is 1.33 bits per heavy atom. The average molecular weight is 661 g/mol. The number of Topliss-reactive ketones (excluding diaryl/α,β-unsaturated/α-hetero) is 1. The van der Waals surface area contributed by atoms with Crippen LogP contribution in [0.3, 0.4) is 0 Å². The number of phenolic OH excluding ortho intramolecular Hbond substituents is 1. The standard InChI is InChI=1S/C29H43F3N6O8/c1-15(2)23(28(46)36-20(7-5-6-12-33)25(43)34-16(3)24(42)29(30,31)32)38-26(44)21(13-18-8-10-19(41)11-9-18)37-27(45)22(14-39)35-17(4)40/h8-11,15-16,20-23,39,41H,5-7,12-14,33H2,1-4H3,(H,34,43)(H,35,40)(H,36,46)(H,37,45)(H,38,44). The summed E-state index contributed by atoms with van der Waals surface area (Å²) >= 11 is 0. The number of aliphatic hydroxyl groups excluding tert-OH is 1. The van der Waals surface area contributed by atoms with Crippen LogP contribution in [-0.2, 0) is 35.2 Å². The van der Waals surface area contributed by atoms with Crippen molar-refractivity contribution in [1.82, 2.24) is 26.6 Å². The number of benzene rings is 1. The molecule has 0 heterocycles. The lowest BCUT2D eigenvalue weighted by Gasteiger charge is -2.28. The van der Waals surface area contributed by atoms with Gasteiger partial charge in [0.25, 0.3) is 5.78 Å². The number of carbonyl (C=O) groups is 6. The first-order valence-corrected chi connectivity index (χ1v) is 14.6. The number of nitrogens with two attached hydrogens (primary N) is 1. The first-order chi connectivity index (χ1) is 21.4. The topological polar surface area (TPSA) is 229 Å². The number of nitrogens with one attached hydrogen (secondary N) is 5. The van der Waals surface area contributed by atoms with E-state index in [1.807, 2.05) is 5.32 Å². The smallest absolute Gasteiger partial charge is 0.452 e. The molecule has 0 aromatic heterocycles. The van der Waals surface area contributed by atoms with E-state index in [0.717, 1.165) is 13.8 Å². The maximum atomic E-state index is 13.5. The minimum absolute atomic E-state index is 0.0360. The van der Waals surface area contributed by atoms with Gasteiger partial charge in [0.15, 0.2) is 0 Å². The van der Waals surface area contributed by atoms with Gasteiger partial charge in [0.05, 0.1) is 12.6 Å². The van der Waals surface area contributed by atoms with Crippen LogP contribution in [0.2, 0.25) is 0 Å². The van der Waals surface area contributed by atoms with Crippen LogP contribution < -0.4 is 32.3 Å². The van der Waals surface area contributed by atoms with E-state index in [4.69, 9.17) is 5.73 Å². The number of alkyl halides is 3. The molecule has 0 bridgehead atoms. The molecule has 0 saturated carbocycles. The fourth-order valence-electron chi connectivity index (χ4n) is 4.23. The van der Waals surface area contributed by atoms with Crippen LogP contribution in [0.5, 0.6) is 5.75 Å². The predicted molar refractivity (Wildman–Crippen MR) is 159 cm³/mol. The van der Waals surface area contributed by atoms with E-state index < -0.39 is 84.2 Å². The fraction of sp³-hybridized carbons (Fsp3) is 0.586. The van der Waals surface area contributed by atoms with E-state index in [-0.39, 0.29) is 25.1 Å². The van der Waals surface area contributed by atoms with Crippen LogP contribution >= 0.6 is 0 Å². The van der Waals surface area contributed by atoms with E-state index in [0.29, 0.717) is 18.4 Å². The molecule has 0 aliphatic rings. The van der Waals surface area contributed by atoms with E-state index in [9.17, 15) is 52.2 Å². The van der Waals surface area contributed by atoms with E-state index in [1.54, 1.807) is 13.8 Å². The Labute approximate surface area is 264 Å². The zero-order valence-electron chi connectivity index (χ0n) is 26.1. The number of amides is 5. The molecule has 17 heteroatoms. The third kappa shape index (κ3) is 13.4. The van der Waals surface area contributed by atoms with Gasteiger partial charge < -0.3 is 42.5 Å². The zero-order valence-corrected chi connectivity index (χ0v) is 26.1. The number of aliphatic hydroxyl groups is 1. The summed E-state index contributed by atoms with van der Waals surface area (Å²) in [5, 5.41) is 30.8. The Morgan fingerprint density at radius 3 is 1.83 bits per heavy atom. The van der Waals surface area contributed by atoms with Crippen LogP contribution in [0, 0.1) is 5.92 Å². The molecule has 258 valence electrons. The van der Waals surface area contributed by atoms with Gasteiger partial charge in [0, 0.05) is 13.3 Å². The van der Waals surface area contributed by atoms with Crippen molar-refractivity contribution in [2.45, 2.75) is 89.8 Å². The monoisotopic (exact) mass is 660 g/mol. The first-order valence-electron chi connectivity index (χ1n) is 14.6. The Kier molecular flexibility index (Phi) is 16.1. The molecule has 5 unspecified atom stereocenters. The van der Waals surface area contributed by atoms with Gasteiger partial charge >= 0.3 is 6.18 Å². The molecule has 0 fully saturated rings. The van der Waals surface area contributed by atoms with Gasteiger partial charge in [-0.3, -0.25) is 28.8 Å². The summed E-state index contributed by atoms with van der Waals surface area (Å²) in [5.41, 5.74) is 5.99. The van der Waals surface area contributed by atoms with Gasteiger partial charge in [-0.05, 0) is 56.3 Å². The van der Waals surface area contributed by atoms with Gasteiger partial charge in [-0.25, -0.2) is 0 Å². The molecule has 1 rings (SSSR count). The summed E-state index contributed by atoms with van der Waals surface area (Å²) < 4.78 is 38.6. The zero-order chi connectivity index (χ0) is 35.2. The van der Waals surface area contributed by atoms with Gasteiger partial charge in [-0.1, -0.05) is 26.0 Å². The van der Waals surface area contributed by atoms with Gasteiger partial charge in [-0.15, -0.1) is 0 Å². The Morgan fingerprint density at radius 1 is 0.783 bits per heavy atom. The van der Waals surface area contributed by atoms with Gasteiger partial charge in [0.2, 0.25) is 29.5 Å². The number of aromatic hydroxyl groups is 1. The maximum absolute atomic E-state index is 13.5. The van der Waals surface area contributed by atoms with E-state index >= 15 is 0 Å². The van der Waals surface area contributed by atoms with Gasteiger partial charge in [-0.2, -0.15) is 13.2 Å².